The van der Waals surface area contributed by atoms with E-state index in [1.54, 1.807) is 18.2 Å². The Hall–Kier alpha value is -3.27. The number of ether oxygens (including phenoxy) is 2. The van der Waals surface area contributed by atoms with Gasteiger partial charge in [0, 0.05) is 32.2 Å². The van der Waals surface area contributed by atoms with Gasteiger partial charge in [-0.2, -0.15) is 4.31 Å². The van der Waals surface area contributed by atoms with E-state index in [2.05, 4.69) is 0 Å². The number of nitrogens with zero attached hydrogens (tertiary/aromatic N) is 2. The maximum absolute atomic E-state index is 14.0. The summed E-state index contributed by atoms with van der Waals surface area (Å²) in [5.74, 6) is 0.226. The van der Waals surface area contributed by atoms with Crippen molar-refractivity contribution in [1.29, 1.82) is 0 Å². The molecule has 0 aliphatic carbocycles. The zero-order valence-corrected chi connectivity index (χ0v) is 21.6. The molecule has 36 heavy (non-hydrogen) atoms. The van der Waals surface area contributed by atoms with Gasteiger partial charge in [0.15, 0.2) is 10.5 Å². The van der Waals surface area contributed by atoms with Gasteiger partial charge in [-0.1, -0.05) is 29.8 Å². The molecule has 1 aromatic heterocycles. The van der Waals surface area contributed by atoms with E-state index in [4.69, 9.17) is 25.5 Å². The van der Waals surface area contributed by atoms with Gasteiger partial charge in [0.05, 0.1) is 30.3 Å². The van der Waals surface area contributed by atoms with Gasteiger partial charge in [0.2, 0.25) is 5.43 Å². The van der Waals surface area contributed by atoms with Gasteiger partial charge in [0.25, 0.3) is 10.0 Å². The lowest BCUT2D eigenvalue weighted by molar-refractivity contribution is 0.370. The topological polar surface area (TPSA) is 89.3 Å². The Morgan fingerprint density at radius 3 is 2.31 bits per heavy atom. The van der Waals surface area contributed by atoms with E-state index in [9.17, 15) is 13.2 Å². The lowest BCUT2D eigenvalue weighted by atomic mass is 10.1. The van der Waals surface area contributed by atoms with E-state index in [0.29, 0.717) is 29.1 Å². The lowest BCUT2D eigenvalue weighted by Crippen LogP contribution is -2.48. The summed E-state index contributed by atoms with van der Waals surface area (Å²) in [6.45, 7) is 3.21. The Labute approximate surface area is 213 Å². The molecule has 188 valence electrons. The number of para-hydroxylation sites is 1. The number of methoxy groups -OCH3 is 2. The molecular formula is C26H25ClN2O6S. The molecule has 2 heterocycles. The molecular weight excluding hydrogens is 504 g/mol. The summed E-state index contributed by atoms with van der Waals surface area (Å²) in [7, 11) is -1.32. The van der Waals surface area contributed by atoms with Crippen LogP contribution in [0.2, 0.25) is 5.02 Å². The highest BCUT2D eigenvalue weighted by molar-refractivity contribution is 7.89. The summed E-state index contributed by atoms with van der Waals surface area (Å²) in [6, 6.07) is 14.1. The summed E-state index contributed by atoms with van der Waals surface area (Å²) < 4.78 is 46.4. The molecule has 8 nitrogen and oxygen atoms in total. The molecule has 0 radical (unpaired) electrons. The molecule has 0 atom stereocenters. The first-order valence-corrected chi connectivity index (χ1v) is 13.2. The van der Waals surface area contributed by atoms with Crippen LogP contribution in [0.3, 0.4) is 0 Å². The van der Waals surface area contributed by atoms with Crippen LogP contribution in [0.5, 0.6) is 11.5 Å². The number of halogens is 1. The number of fused-ring (bicyclic) bond motifs is 2. The van der Waals surface area contributed by atoms with E-state index in [0.717, 1.165) is 11.3 Å². The van der Waals surface area contributed by atoms with Gasteiger partial charge >= 0.3 is 0 Å². The summed E-state index contributed by atoms with van der Waals surface area (Å²) in [5.41, 5.74) is 1.58. The molecule has 0 N–H and O–H groups in total. The zero-order valence-electron chi connectivity index (χ0n) is 20.1. The molecule has 3 aromatic carbocycles. The van der Waals surface area contributed by atoms with Crippen LogP contribution < -0.4 is 19.8 Å². The van der Waals surface area contributed by atoms with Crippen LogP contribution >= 0.6 is 11.6 Å². The minimum absolute atomic E-state index is 0.0445. The first kappa shape index (κ1) is 24.4. The molecule has 5 rings (SSSR count). The third-order valence-corrected chi connectivity index (χ3v) is 8.72. The molecule has 1 saturated heterocycles. The fourth-order valence-corrected chi connectivity index (χ4v) is 6.55. The molecule has 10 heteroatoms. The summed E-state index contributed by atoms with van der Waals surface area (Å²) in [5, 5.41) is 1.01. The Bertz CT molecular complexity index is 1640. The van der Waals surface area contributed by atoms with Crippen LogP contribution in [0, 0.1) is 6.92 Å². The number of hydrogen-bond donors (Lipinski definition) is 0. The van der Waals surface area contributed by atoms with Crippen molar-refractivity contribution in [2.75, 3.05) is 45.3 Å². The van der Waals surface area contributed by atoms with Crippen molar-refractivity contribution in [3.05, 3.63) is 69.3 Å². The first-order valence-electron chi connectivity index (χ1n) is 11.4. The minimum Gasteiger partial charge on any atom is -0.496 e. The second-order valence-corrected chi connectivity index (χ2v) is 10.9. The summed E-state index contributed by atoms with van der Waals surface area (Å²) >= 11 is 6.34. The molecule has 1 aliphatic heterocycles. The number of anilines is 1. The number of piperazine rings is 1. The lowest BCUT2D eigenvalue weighted by Gasteiger charge is -2.36. The summed E-state index contributed by atoms with van der Waals surface area (Å²) in [6.07, 6.45) is 0. The molecule has 1 fully saturated rings. The Kier molecular flexibility index (Phi) is 6.32. The number of sulfonamides is 1. The van der Waals surface area contributed by atoms with Crippen molar-refractivity contribution in [2.45, 2.75) is 11.8 Å². The molecule has 0 saturated carbocycles. The number of benzene rings is 3. The fourth-order valence-electron chi connectivity index (χ4n) is 4.62. The van der Waals surface area contributed by atoms with Gasteiger partial charge in [-0.05, 0) is 36.8 Å². The highest BCUT2D eigenvalue weighted by Gasteiger charge is 2.35. The highest BCUT2D eigenvalue weighted by atomic mass is 35.5. The van der Waals surface area contributed by atoms with Crippen molar-refractivity contribution in [3.63, 3.8) is 0 Å². The predicted octanol–water partition coefficient (Wildman–Crippen LogP) is 4.44. The van der Waals surface area contributed by atoms with Gasteiger partial charge in [-0.25, -0.2) is 8.42 Å². The van der Waals surface area contributed by atoms with E-state index in [1.807, 2.05) is 36.1 Å². The molecule has 0 unspecified atom stereocenters. The predicted molar refractivity (Wildman–Crippen MR) is 140 cm³/mol. The number of rotatable bonds is 5. The Balaban J connectivity index is 1.65. The summed E-state index contributed by atoms with van der Waals surface area (Å²) in [4.78, 5) is 15.3. The van der Waals surface area contributed by atoms with Crippen molar-refractivity contribution in [1.82, 2.24) is 4.31 Å². The maximum Gasteiger partial charge on any atom is 0.250 e. The average Bonchev–Trinajstić information content (AvgIpc) is 2.87. The van der Waals surface area contributed by atoms with Crippen LogP contribution in [0.4, 0.5) is 5.69 Å². The van der Waals surface area contributed by atoms with Gasteiger partial charge in [-0.3, -0.25) is 4.79 Å². The second-order valence-electron chi connectivity index (χ2n) is 8.59. The van der Waals surface area contributed by atoms with E-state index < -0.39 is 10.0 Å². The molecule has 0 bridgehead atoms. The van der Waals surface area contributed by atoms with Crippen molar-refractivity contribution < 1.29 is 22.3 Å². The van der Waals surface area contributed by atoms with Gasteiger partial charge in [-0.15, -0.1) is 0 Å². The maximum atomic E-state index is 14.0. The van der Waals surface area contributed by atoms with Crippen molar-refractivity contribution >= 4 is 49.3 Å². The molecule has 0 amide bonds. The van der Waals surface area contributed by atoms with E-state index in [1.165, 1.54) is 24.6 Å². The van der Waals surface area contributed by atoms with Gasteiger partial charge < -0.3 is 18.8 Å². The minimum atomic E-state index is -4.11. The third-order valence-electron chi connectivity index (χ3n) is 6.46. The molecule has 0 spiro atoms. The van der Waals surface area contributed by atoms with Crippen LogP contribution in [0.15, 0.2) is 62.6 Å². The van der Waals surface area contributed by atoms with Crippen LogP contribution in [0.25, 0.3) is 21.9 Å². The van der Waals surface area contributed by atoms with Crippen LogP contribution in [-0.4, -0.2) is 53.1 Å². The smallest absolute Gasteiger partial charge is 0.250 e. The normalized spacial score (nSPS) is 14.9. The number of aryl methyl sites for hydroxylation is 1. The molecule has 1 aliphatic rings. The fraction of sp³-hybridized carbons (Fsp3) is 0.269. The SMILES string of the molecule is COc1cc(OC)c2c(=O)c3ccc(C)cc3oc2c1S(=O)(=O)N1CCN(c2ccccc2Cl)CC1. The second kappa shape index (κ2) is 9.31. The van der Waals surface area contributed by atoms with Crippen LogP contribution in [-0.2, 0) is 10.0 Å². The number of hydrogen-bond acceptors (Lipinski definition) is 7. The first-order chi connectivity index (χ1) is 17.3. The zero-order chi connectivity index (χ0) is 25.6. The third kappa shape index (κ3) is 3.97. The average molecular weight is 529 g/mol. The van der Waals surface area contributed by atoms with E-state index in [-0.39, 0.29) is 45.9 Å². The van der Waals surface area contributed by atoms with Gasteiger partial charge in [0.1, 0.15) is 22.5 Å². The molecule has 4 aromatic rings. The Morgan fingerprint density at radius 2 is 1.64 bits per heavy atom. The Morgan fingerprint density at radius 1 is 0.944 bits per heavy atom. The van der Waals surface area contributed by atoms with Crippen molar-refractivity contribution in [2.24, 2.45) is 0 Å². The highest BCUT2D eigenvalue weighted by Crippen LogP contribution is 2.40. The van der Waals surface area contributed by atoms with E-state index >= 15 is 0 Å². The quantitative estimate of drug-likeness (QED) is 0.354. The largest absolute Gasteiger partial charge is 0.496 e. The van der Waals surface area contributed by atoms with Crippen LogP contribution in [0.1, 0.15) is 5.56 Å². The monoisotopic (exact) mass is 528 g/mol. The standard InChI is InChI=1S/C26H25ClN2O6S/c1-16-8-9-17-20(14-16)35-25-23(24(17)30)21(33-2)15-22(34-3)26(25)36(31,32)29-12-10-28(11-13-29)19-7-5-4-6-18(19)27/h4-9,14-15H,10-13H2,1-3H3. The van der Waals surface area contributed by atoms with Crippen molar-refractivity contribution in [3.8, 4) is 11.5 Å².